The summed E-state index contributed by atoms with van der Waals surface area (Å²) in [6.45, 7) is 0. The van der Waals surface area contributed by atoms with Crippen LogP contribution < -0.4 is 4.52 Å². The highest BCUT2D eigenvalue weighted by Gasteiger charge is 2.01. The van der Waals surface area contributed by atoms with Crippen LogP contribution in [0.3, 0.4) is 0 Å². The zero-order valence-corrected chi connectivity index (χ0v) is 12.6. The Bertz CT molecular complexity index is 661. The molecule has 0 saturated heterocycles. The molecule has 0 amide bonds. The molecule has 0 fully saturated rings. The lowest BCUT2D eigenvalue weighted by Crippen LogP contribution is -1.86. The minimum Gasteiger partial charge on any atom is -0.427 e. The van der Waals surface area contributed by atoms with E-state index in [1.807, 2.05) is 30.3 Å². The Labute approximate surface area is 130 Å². The molecule has 4 nitrogen and oxygen atoms in total. The molecular weight excluding hydrogens is 299 g/mol. The Hall–Kier alpha value is -2.26. The normalized spacial score (nSPS) is 11.4. The number of carbonyl (C=O) groups is 1. The molecule has 0 radical (unpaired) electrons. The van der Waals surface area contributed by atoms with Crippen molar-refractivity contribution in [3.05, 3.63) is 77.9 Å². The van der Waals surface area contributed by atoms with Crippen molar-refractivity contribution in [1.29, 1.82) is 0 Å². The third-order valence-electron chi connectivity index (χ3n) is 2.75. The van der Waals surface area contributed by atoms with Crippen molar-refractivity contribution in [2.75, 3.05) is 0 Å². The lowest BCUT2D eigenvalue weighted by molar-refractivity contribution is -0.110. The van der Waals surface area contributed by atoms with Gasteiger partial charge in [0.15, 0.2) is 5.78 Å². The summed E-state index contributed by atoms with van der Waals surface area (Å²) in [6.07, 6.45) is 6.42. The SMILES string of the molecule is O=C(/C=C/c1ccccc1)/C=C/c1ccc(OP(O)O)cc1. The molecule has 2 aromatic rings. The van der Waals surface area contributed by atoms with Gasteiger partial charge in [-0.1, -0.05) is 54.6 Å². The van der Waals surface area contributed by atoms with Crippen LogP contribution >= 0.6 is 8.60 Å². The van der Waals surface area contributed by atoms with Gasteiger partial charge in [0.05, 0.1) is 0 Å². The fourth-order valence-electron chi connectivity index (χ4n) is 1.71. The Kier molecular flexibility index (Phi) is 6.04. The van der Waals surface area contributed by atoms with E-state index >= 15 is 0 Å². The minimum atomic E-state index is -2.41. The molecule has 0 bridgehead atoms. The van der Waals surface area contributed by atoms with Gasteiger partial charge in [0.2, 0.25) is 0 Å². The number of carbonyl (C=O) groups excluding carboxylic acids is 1. The average molecular weight is 314 g/mol. The molecular formula is C17H15O4P. The van der Waals surface area contributed by atoms with Crippen LogP contribution in [0.15, 0.2) is 66.7 Å². The number of ketones is 1. The molecule has 0 spiro atoms. The van der Waals surface area contributed by atoms with Crippen LogP contribution in [-0.4, -0.2) is 15.6 Å². The summed E-state index contributed by atoms with van der Waals surface area (Å²) in [5.41, 5.74) is 1.78. The van der Waals surface area contributed by atoms with Gasteiger partial charge in [-0.25, -0.2) is 0 Å². The second-order valence-corrected chi connectivity index (χ2v) is 5.08. The predicted octanol–water partition coefficient (Wildman–Crippen LogP) is 3.57. The number of hydrogen-bond acceptors (Lipinski definition) is 4. The van der Waals surface area contributed by atoms with Gasteiger partial charge >= 0.3 is 8.60 Å². The van der Waals surface area contributed by atoms with Crippen LogP contribution in [-0.2, 0) is 4.79 Å². The monoisotopic (exact) mass is 314 g/mol. The molecule has 0 atom stereocenters. The second kappa shape index (κ2) is 8.25. The third-order valence-corrected chi connectivity index (χ3v) is 3.12. The summed E-state index contributed by atoms with van der Waals surface area (Å²) >= 11 is 0. The first-order valence-corrected chi connectivity index (χ1v) is 7.71. The highest BCUT2D eigenvalue weighted by Crippen LogP contribution is 2.28. The van der Waals surface area contributed by atoms with Crippen LogP contribution in [0.5, 0.6) is 5.75 Å². The van der Waals surface area contributed by atoms with E-state index in [1.54, 1.807) is 36.4 Å². The molecule has 2 rings (SSSR count). The van der Waals surface area contributed by atoms with Crippen molar-refractivity contribution in [1.82, 2.24) is 0 Å². The van der Waals surface area contributed by atoms with Crippen LogP contribution in [0.1, 0.15) is 11.1 Å². The topological polar surface area (TPSA) is 66.8 Å². The van der Waals surface area contributed by atoms with Crippen molar-refractivity contribution in [2.45, 2.75) is 0 Å². The Balaban J connectivity index is 1.93. The first kappa shape index (κ1) is 16.1. The van der Waals surface area contributed by atoms with Gasteiger partial charge in [-0.3, -0.25) is 4.79 Å². The van der Waals surface area contributed by atoms with Crippen molar-refractivity contribution >= 4 is 26.5 Å². The summed E-state index contributed by atoms with van der Waals surface area (Å²) in [5.74, 6) is 0.252. The number of hydrogen-bond donors (Lipinski definition) is 2. The third kappa shape index (κ3) is 5.62. The fourth-order valence-corrected chi connectivity index (χ4v) is 2.02. The predicted molar refractivity (Wildman–Crippen MR) is 87.9 cm³/mol. The molecule has 0 aromatic heterocycles. The van der Waals surface area contributed by atoms with Crippen LogP contribution in [0, 0.1) is 0 Å². The maximum Gasteiger partial charge on any atom is 0.391 e. The van der Waals surface area contributed by atoms with Gasteiger partial charge < -0.3 is 14.3 Å². The second-order valence-electron chi connectivity index (χ2n) is 4.39. The quantitative estimate of drug-likeness (QED) is 0.632. The first-order valence-electron chi connectivity index (χ1n) is 6.54. The zero-order valence-electron chi connectivity index (χ0n) is 11.7. The van der Waals surface area contributed by atoms with Gasteiger partial charge in [0, 0.05) is 0 Å². The number of benzene rings is 2. The fraction of sp³-hybridized carbons (Fsp3) is 0. The Morgan fingerprint density at radius 2 is 1.41 bits per heavy atom. The number of allylic oxidation sites excluding steroid dienone is 2. The summed E-state index contributed by atoms with van der Waals surface area (Å²) in [7, 11) is -2.41. The van der Waals surface area contributed by atoms with E-state index in [0.29, 0.717) is 5.75 Å². The molecule has 0 unspecified atom stereocenters. The van der Waals surface area contributed by atoms with Crippen LogP contribution in [0.4, 0.5) is 0 Å². The van der Waals surface area contributed by atoms with Gasteiger partial charge in [-0.15, -0.1) is 0 Å². The zero-order chi connectivity index (χ0) is 15.8. The largest absolute Gasteiger partial charge is 0.427 e. The van der Waals surface area contributed by atoms with E-state index in [4.69, 9.17) is 14.3 Å². The van der Waals surface area contributed by atoms with E-state index in [-0.39, 0.29) is 5.78 Å². The van der Waals surface area contributed by atoms with Crippen molar-refractivity contribution in [3.63, 3.8) is 0 Å². The highest BCUT2D eigenvalue weighted by atomic mass is 31.2. The van der Waals surface area contributed by atoms with E-state index in [9.17, 15) is 4.79 Å². The maximum atomic E-state index is 11.7. The molecule has 0 saturated carbocycles. The smallest absolute Gasteiger partial charge is 0.391 e. The van der Waals surface area contributed by atoms with Gasteiger partial charge in [-0.2, -0.15) is 0 Å². The van der Waals surface area contributed by atoms with Crippen molar-refractivity contribution in [2.24, 2.45) is 0 Å². The Morgan fingerprint density at radius 1 is 0.864 bits per heavy atom. The minimum absolute atomic E-state index is 0.113. The van der Waals surface area contributed by atoms with E-state index in [1.165, 1.54) is 12.2 Å². The Morgan fingerprint density at radius 3 is 1.95 bits per heavy atom. The molecule has 22 heavy (non-hydrogen) atoms. The molecule has 5 heteroatoms. The average Bonchev–Trinajstić information content (AvgIpc) is 2.53. The molecule has 0 aliphatic carbocycles. The van der Waals surface area contributed by atoms with Crippen molar-refractivity contribution in [3.8, 4) is 5.75 Å². The summed E-state index contributed by atoms with van der Waals surface area (Å²) in [4.78, 5) is 29.2. The van der Waals surface area contributed by atoms with Gasteiger partial charge in [0.1, 0.15) is 5.75 Å². The summed E-state index contributed by atoms with van der Waals surface area (Å²) in [6, 6.07) is 16.2. The van der Waals surface area contributed by atoms with E-state index < -0.39 is 8.60 Å². The molecule has 112 valence electrons. The lowest BCUT2D eigenvalue weighted by atomic mass is 10.1. The van der Waals surface area contributed by atoms with Crippen molar-refractivity contribution < 1.29 is 19.1 Å². The van der Waals surface area contributed by atoms with Gasteiger partial charge in [-0.05, 0) is 35.4 Å². The summed E-state index contributed by atoms with van der Waals surface area (Å²) in [5, 5.41) is 0. The number of rotatable bonds is 6. The molecule has 0 heterocycles. The maximum absolute atomic E-state index is 11.7. The van der Waals surface area contributed by atoms with E-state index in [2.05, 4.69) is 0 Å². The standard InChI is InChI=1S/C17H15O4P/c18-16(10-6-14-4-2-1-3-5-14)11-7-15-8-12-17(13-9-15)21-22(19)20/h1-13,19-20H/b10-6+,11-7+. The van der Waals surface area contributed by atoms with Gasteiger partial charge in [0.25, 0.3) is 0 Å². The molecule has 2 N–H and O–H groups in total. The van der Waals surface area contributed by atoms with Crippen LogP contribution in [0.25, 0.3) is 12.2 Å². The van der Waals surface area contributed by atoms with E-state index in [0.717, 1.165) is 11.1 Å². The summed E-state index contributed by atoms with van der Waals surface area (Å²) < 4.78 is 4.76. The molecule has 0 aliphatic rings. The lowest BCUT2D eigenvalue weighted by Gasteiger charge is -2.04. The molecule has 2 aromatic carbocycles. The van der Waals surface area contributed by atoms with Crippen LogP contribution in [0.2, 0.25) is 0 Å². The first-order chi connectivity index (χ1) is 10.6. The highest BCUT2D eigenvalue weighted by molar-refractivity contribution is 7.39. The molecule has 0 aliphatic heterocycles.